The van der Waals surface area contributed by atoms with Gasteiger partial charge in [-0.25, -0.2) is 0 Å². The molecule has 0 radical (unpaired) electrons. The van der Waals surface area contributed by atoms with Crippen LogP contribution in [-0.2, 0) is 20.8 Å². The Kier molecular flexibility index (Phi) is 10.1. The van der Waals surface area contributed by atoms with Crippen LogP contribution in [0.2, 0.25) is 0 Å². The molecule has 0 saturated heterocycles. The van der Waals surface area contributed by atoms with E-state index in [2.05, 4.69) is 27.7 Å². The molecular weight excluding hydrogens is 454 g/mol. The highest BCUT2D eigenvalue weighted by Gasteiger charge is 2.38. The third-order valence-corrected chi connectivity index (χ3v) is 6.96. The second-order valence-electron chi connectivity index (χ2n) is 10.3. The largest absolute Gasteiger partial charge is 0.481 e. The SMILES string of the molecule is CN(C)CCCNC(=O)[C@@H](Cc1ccc(-c2ccccc2)cc1)NC(=O)CC1(CC(=O)O)CCCC1. The number of hydrogen-bond donors (Lipinski definition) is 3. The molecule has 1 fully saturated rings. The molecule has 1 saturated carbocycles. The summed E-state index contributed by atoms with van der Waals surface area (Å²) in [6.07, 6.45) is 4.64. The van der Waals surface area contributed by atoms with Crippen molar-refractivity contribution in [1.82, 2.24) is 15.5 Å². The van der Waals surface area contributed by atoms with Crippen molar-refractivity contribution in [2.24, 2.45) is 5.41 Å². The Bertz CT molecular complexity index is 999. The van der Waals surface area contributed by atoms with Crippen molar-refractivity contribution in [2.45, 2.75) is 57.4 Å². The smallest absolute Gasteiger partial charge is 0.303 e. The first-order chi connectivity index (χ1) is 17.3. The minimum Gasteiger partial charge on any atom is -0.481 e. The third-order valence-electron chi connectivity index (χ3n) is 6.96. The Balaban J connectivity index is 1.68. The van der Waals surface area contributed by atoms with E-state index in [1.807, 2.05) is 56.6 Å². The Hall–Kier alpha value is -3.19. The molecule has 1 aliphatic rings. The first-order valence-corrected chi connectivity index (χ1v) is 12.8. The van der Waals surface area contributed by atoms with Crippen molar-refractivity contribution in [3.8, 4) is 11.1 Å². The van der Waals surface area contributed by atoms with Crippen LogP contribution in [0, 0.1) is 5.41 Å². The summed E-state index contributed by atoms with van der Waals surface area (Å²) >= 11 is 0. The van der Waals surface area contributed by atoms with E-state index in [0.717, 1.165) is 55.3 Å². The number of amides is 2. The van der Waals surface area contributed by atoms with Crippen LogP contribution in [0.25, 0.3) is 11.1 Å². The van der Waals surface area contributed by atoms with Crippen LogP contribution in [0.15, 0.2) is 54.6 Å². The van der Waals surface area contributed by atoms with Gasteiger partial charge in [-0.05, 0) is 62.0 Å². The lowest BCUT2D eigenvalue weighted by Gasteiger charge is -2.27. The van der Waals surface area contributed by atoms with Crippen LogP contribution in [0.3, 0.4) is 0 Å². The number of carbonyl (C=O) groups is 3. The van der Waals surface area contributed by atoms with E-state index in [-0.39, 0.29) is 24.7 Å². The summed E-state index contributed by atoms with van der Waals surface area (Å²) in [5, 5.41) is 15.3. The lowest BCUT2D eigenvalue weighted by Crippen LogP contribution is -2.49. The second kappa shape index (κ2) is 13.2. The molecule has 0 aromatic heterocycles. The molecule has 1 aliphatic carbocycles. The maximum atomic E-state index is 13.1. The van der Waals surface area contributed by atoms with Crippen LogP contribution < -0.4 is 10.6 Å². The maximum absolute atomic E-state index is 13.1. The molecule has 36 heavy (non-hydrogen) atoms. The fourth-order valence-electron chi connectivity index (χ4n) is 5.09. The van der Waals surface area contributed by atoms with Crippen LogP contribution >= 0.6 is 0 Å². The van der Waals surface area contributed by atoms with Crippen molar-refractivity contribution < 1.29 is 19.5 Å². The van der Waals surface area contributed by atoms with Crippen LogP contribution in [-0.4, -0.2) is 61.0 Å². The number of nitrogens with one attached hydrogen (secondary N) is 2. The van der Waals surface area contributed by atoms with E-state index in [1.165, 1.54) is 0 Å². The summed E-state index contributed by atoms with van der Waals surface area (Å²) in [6, 6.07) is 17.4. The highest BCUT2D eigenvalue weighted by molar-refractivity contribution is 5.88. The molecule has 0 spiro atoms. The number of carbonyl (C=O) groups excluding carboxylic acids is 2. The molecule has 0 unspecified atom stereocenters. The lowest BCUT2D eigenvalue weighted by atomic mass is 9.79. The monoisotopic (exact) mass is 493 g/mol. The molecule has 0 heterocycles. The van der Waals surface area contributed by atoms with E-state index in [9.17, 15) is 19.5 Å². The second-order valence-corrected chi connectivity index (χ2v) is 10.3. The zero-order chi connectivity index (χ0) is 26.0. The van der Waals surface area contributed by atoms with Crippen molar-refractivity contribution >= 4 is 17.8 Å². The number of nitrogens with zero attached hydrogens (tertiary/aromatic N) is 1. The van der Waals surface area contributed by atoms with E-state index in [4.69, 9.17) is 0 Å². The van der Waals surface area contributed by atoms with Gasteiger partial charge < -0.3 is 20.6 Å². The summed E-state index contributed by atoms with van der Waals surface area (Å²) in [4.78, 5) is 39.6. The Morgan fingerprint density at radius 2 is 1.58 bits per heavy atom. The summed E-state index contributed by atoms with van der Waals surface area (Å²) < 4.78 is 0. The number of hydrogen-bond acceptors (Lipinski definition) is 4. The summed E-state index contributed by atoms with van der Waals surface area (Å²) in [6.45, 7) is 1.38. The van der Waals surface area contributed by atoms with E-state index >= 15 is 0 Å². The zero-order valence-corrected chi connectivity index (χ0v) is 21.5. The van der Waals surface area contributed by atoms with E-state index < -0.39 is 17.4 Å². The van der Waals surface area contributed by atoms with Gasteiger partial charge in [-0.15, -0.1) is 0 Å². The van der Waals surface area contributed by atoms with Crippen LogP contribution in [0.1, 0.15) is 50.5 Å². The number of aliphatic carboxylic acids is 1. The number of rotatable bonds is 13. The zero-order valence-electron chi connectivity index (χ0n) is 21.5. The van der Waals surface area contributed by atoms with Gasteiger partial charge in [-0.3, -0.25) is 14.4 Å². The number of carboxylic acids is 1. The quantitative estimate of drug-likeness (QED) is 0.368. The van der Waals surface area contributed by atoms with Gasteiger partial charge in [0.1, 0.15) is 6.04 Å². The average Bonchev–Trinajstić information content (AvgIpc) is 3.29. The molecule has 0 bridgehead atoms. The van der Waals surface area contributed by atoms with Gasteiger partial charge >= 0.3 is 5.97 Å². The Morgan fingerprint density at radius 3 is 2.19 bits per heavy atom. The lowest BCUT2D eigenvalue weighted by molar-refractivity contribution is -0.140. The molecule has 7 heteroatoms. The molecule has 2 aromatic carbocycles. The van der Waals surface area contributed by atoms with Crippen molar-refractivity contribution in [2.75, 3.05) is 27.2 Å². The molecule has 1 atom stereocenters. The molecule has 2 aromatic rings. The van der Waals surface area contributed by atoms with E-state index in [1.54, 1.807) is 0 Å². The molecule has 194 valence electrons. The highest BCUT2D eigenvalue weighted by atomic mass is 16.4. The average molecular weight is 494 g/mol. The number of carboxylic acid groups (broad SMARTS) is 1. The molecular formula is C29H39N3O4. The maximum Gasteiger partial charge on any atom is 0.303 e. The molecule has 7 nitrogen and oxygen atoms in total. The van der Waals surface area contributed by atoms with Gasteiger partial charge in [0.15, 0.2) is 0 Å². The van der Waals surface area contributed by atoms with Crippen LogP contribution in [0.5, 0.6) is 0 Å². The summed E-state index contributed by atoms with van der Waals surface area (Å²) in [5.74, 6) is -1.35. The third kappa shape index (κ3) is 8.48. The van der Waals surface area contributed by atoms with Gasteiger partial charge in [-0.1, -0.05) is 67.4 Å². The first kappa shape index (κ1) is 27.4. The predicted octanol–water partition coefficient (Wildman–Crippen LogP) is 3.87. The molecule has 3 rings (SSSR count). The molecule has 2 amide bonds. The minimum atomic E-state index is -0.876. The Morgan fingerprint density at radius 1 is 0.944 bits per heavy atom. The number of benzene rings is 2. The topological polar surface area (TPSA) is 98.7 Å². The fourth-order valence-corrected chi connectivity index (χ4v) is 5.09. The fraction of sp³-hybridized carbons (Fsp3) is 0.483. The molecule has 3 N–H and O–H groups in total. The van der Waals surface area contributed by atoms with Crippen molar-refractivity contribution in [1.29, 1.82) is 0 Å². The summed E-state index contributed by atoms with van der Waals surface area (Å²) in [5.41, 5.74) is 2.64. The van der Waals surface area contributed by atoms with Crippen molar-refractivity contribution in [3.63, 3.8) is 0 Å². The predicted molar refractivity (Wildman–Crippen MR) is 141 cm³/mol. The first-order valence-electron chi connectivity index (χ1n) is 12.8. The van der Waals surface area contributed by atoms with Gasteiger partial charge in [0.2, 0.25) is 11.8 Å². The van der Waals surface area contributed by atoms with E-state index in [0.29, 0.717) is 13.0 Å². The van der Waals surface area contributed by atoms with Gasteiger partial charge in [-0.2, -0.15) is 0 Å². The molecule has 0 aliphatic heterocycles. The summed E-state index contributed by atoms with van der Waals surface area (Å²) in [7, 11) is 3.97. The highest BCUT2D eigenvalue weighted by Crippen LogP contribution is 2.44. The minimum absolute atomic E-state index is 0.0111. The van der Waals surface area contributed by atoms with Gasteiger partial charge in [0.25, 0.3) is 0 Å². The normalized spacial score (nSPS) is 15.4. The van der Waals surface area contributed by atoms with Gasteiger partial charge in [0, 0.05) is 19.4 Å². The Labute approximate surface area is 214 Å². The van der Waals surface area contributed by atoms with Gasteiger partial charge in [0.05, 0.1) is 6.42 Å². The standard InChI is InChI=1S/C29H39N3O4/c1-32(2)18-8-17-30-28(36)25(31-26(33)20-29(21-27(34)35)15-6-7-16-29)19-22-11-13-24(14-12-22)23-9-4-3-5-10-23/h3-5,9-14,25H,6-8,15-21H2,1-2H3,(H,30,36)(H,31,33)(H,34,35)/t25-/m1/s1. The van der Waals surface area contributed by atoms with Crippen LogP contribution in [0.4, 0.5) is 0 Å². The van der Waals surface area contributed by atoms with Crippen molar-refractivity contribution in [3.05, 3.63) is 60.2 Å².